The first-order valence-electron chi connectivity index (χ1n) is 5.57. The van der Waals surface area contributed by atoms with Gasteiger partial charge in [0.15, 0.2) is 0 Å². The molecule has 0 radical (unpaired) electrons. The molecule has 3 nitrogen and oxygen atoms in total. The number of hydrogen-bond acceptors (Lipinski definition) is 1. The van der Waals surface area contributed by atoms with Crippen LogP contribution in [0, 0.1) is 0 Å². The molecule has 1 aliphatic rings. The van der Waals surface area contributed by atoms with E-state index in [1.807, 2.05) is 12.1 Å². The molecule has 0 N–H and O–H groups in total. The van der Waals surface area contributed by atoms with Crippen LogP contribution in [0.5, 0.6) is 0 Å². The minimum Gasteiger partial charge on any atom is -0.244 e. The monoisotopic (exact) mass is 236 g/mol. The van der Waals surface area contributed by atoms with Gasteiger partial charge in [0.05, 0.1) is 12.4 Å². The fourth-order valence-electron chi connectivity index (χ4n) is 1.49. The molecule has 0 saturated heterocycles. The molecule has 0 aromatic heterocycles. The van der Waals surface area contributed by atoms with Crippen molar-refractivity contribution in [2.24, 2.45) is 9.98 Å². The molecule has 2 amide bonds. The number of benzene rings is 2. The van der Waals surface area contributed by atoms with E-state index in [9.17, 15) is 4.79 Å². The third-order valence-corrected chi connectivity index (χ3v) is 2.32. The van der Waals surface area contributed by atoms with E-state index in [-0.39, 0.29) is 0 Å². The Labute approximate surface area is 106 Å². The third-order valence-electron chi connectivity index (χ3n) is 2.32. The lowest BCUT2D eigenvalue weighted by Crippen LogP contribution is -1.73. The molecule has 3 rings (SSSR count). The zero-order valence-electron chi connectivity index (χ0n) is 9.73. The van der Waals surface area contributed by atoms with Crippen molar-refractivity contribution in [3.63, 3.8) is 0 Å². The van der Waals surface area contributed by atoms with Crippen molar-refractivity contribution in [3.05, 3.63) is 60.7 Å². The van der Waals surface area contributed by atoms with Crippen LogP contribution in [0.1, 0.15) is 0 Å². The second-order valence-electron chi connectivity index (χ2n) is 3.57. The van der Waals surface area contributed by atoms with Crippen molar-refractivity contribution in [3.8, 4) is 11.1 Å². The molecule has 88 valence electrons. The molecule has 0 unspecified atom stereocenters. The summed E-state index contributed by atoms with van der Waals surface area (Å²) in [5, 5.41) is 0. The van der Waals surface area contributed by atoms with Gasteiger partial charge in [-0.1, -0.05) is 60.7 Å². The van der Waals surface area contributed by atoms with Crippen LogP contribution in [0.4, 0.5) is 4.79 Å². The first kappa shape index (κ1) is 11.9. The van der Waals surface area contributed by atoms with E-state index in [4.69, 9.17) is 0 Å². The SMILES string of the molecule is O=C1N=CC=N1.c1ccc(-c2ccccc2)cc1. The average molecular weight is 236 g/mol. The molecule has 0 saturated carbocycles. The Morgan fingerprint density at radius 2 is 1.00 bits per heavy atom. The number of carbonyl (C=O) groups excluding carboxylic acids is 1. The number of aliphatic imine (C=N–C) groups is 2. The lowest BCUT2D eigenvalue weighted by atomic mass is 10.1. The minimum atomic E-state index is -0.407. The molecule has 1 heterocycles. The van der Waals surface area contributed by atoms with Gasteiger partial charge >= 0.3 is 6.03 Å². The van der Waals surface area contributed by atoms with Gasteiger partial charge in [-0.25, -0.2) is 4.79 Å². The van der Waals surface area contributed by atoms with Crippen molar-refractivity contribution < 1.29 is 4.79 Å². The Bertz CT molecular complexity index is 508. The summed E-state index contributed by atoms with van der Waals surface area (Å²) in [7, 11) is 0. The number of hydrogen-bond donors (Lipinski definition) is 0. The van der Waals surface area contributed by atoms with Crippen LogP contribution in [-0.2, 0) is 0 Å². The maximum absolute atomic E-state index is 9.85. The molecule has 1 aliphatic heterocycles. The first-order valence-corrected chi connectivity index (χ1v) is 5.57. The Balaban J connectivity index is 0.000000169. The van der Waals surface area contributed by atoms with E-state index >= 15 is 0 Å². The molecule has 2 aromatic rings. The number of rotatable bonds is 1. The standard InChI is InChI=1S/C12H10.C3H2N2O/c1-3-7-11(8-4-1)12-9-5-2-6-10-12;6-3-4-1-2-5-3/h1-10H;1-2H. The number of nitrogens with zero attached hydrogens (tertiary/aromatic N) is 2. The van der Waals surface area contributed by atoms with E-state index < -0.39 is 6.03 Å². The molecule has 0 atom stereocenters. The Morgan fingerprint density at radius 3 is 1.28 bits per heavy atom. The van der Waals surface area contributed by atoms with Gasteiger partial charge in [0.1, 0.15) is 0 Å². The molecule has 0 aliphatic carbocycles. The molecule has 18 heavy (non-hydrogen) atoms. The van der Waals surface area contributed by atoms with Crippen LogP contribution in [0.2, 0.25) is 0 Å². The van der Waals surface area contributed by atoms with E-state index in [1.54, 1.807) is 0 Å². The van der Waals surface area contributed by atoms with E-state index in [0.717, 1.165) is 0 Å². The molecule has 0 bridgehead atoms. The first-order chi connectivity index (χ1) is 8.86. The summed E-state index contributed by atoms with van der Waals surface area (Å²) in [6.45, 7) is 0. The van der Waals surface area contributed by atoms with Crippen molar-refractivity contribution in [2.75, 3.05) is 0 Å². The van der Waals surface area contributed by atoms with Gasteiger partial charge in [0, 0.05) is 0 Å². The predicted octanol–water partition coefficient (Wildman–Crippen LogP) is 3.62. The highest BCUT2D eigenvalue weighted by molar-refractivity contribution is 6.25. The van der Waals surface area contributed by atoms with Gasteiger partial charge in [-0.15, -0.1) is 0 Å². The summed E-state index contributed by atoms with van der Waals surface area (Å²) >= 11 is 0. The lowest BCUT2D eigenvalue weighted by Gasteiger charge is -1.98. The average Bonchev–Trinajstić information content (AvgIpc) is 2.93. The highest BCUT2D eigenvalue weighted by Gasteiger charge is 1.92. The van der Waals surface area contributed by atoms with Crippen molar-refractivity contribution in [1.82, 2.24) is 0 Å². The zero-order valence-corrected chi connectivity index (χ0v) is 9.73. The van der Waals surface area contributed by atoms with Gasteiger partial charge in [0.25, 0.3) is 0 Å². The summed E-state index contributed by atoms with van der Waals surface area (Å²) in [5.74, 6) is 0. The van der Waals surface area contributed by atoms with Crippen LogP contribution in [-0.4, -0.2) is 18.5 Å². The van der Waals surface area contributed by atoms with Crippen LogP contribution in [0.15, 0.2) is 70.6 Å². The summed E-state index contributed by atoms with van der Waals surface area (Å²) < 4.78 is 0. The normalized spacial score (nSPS) is 12.1. The zero-order chi connectivity index (χ0) is 12.6. The molecule has 2 aromatic carbocycles. The van der Waals surface area contributed by atoms with Gasteiger partial charge in [-0.05, 0) is 11.1 Å². The minimum absolute atomic E-state index is 0.407. The molecule has 0 fully saturated rings. The van der Waals surface area contributed by atoms with E-state index in [0.29, 0.717) is 0 Å². The van der Waals surface area contributed by atoms with Gasteiger partial charge in [0.2, 0.25) is 0 Å². The largest absolute Gasteiger partial charge is 0.367 e. The fraction of sp³-hybridized carbons (Fsp3) is 0. The Kier molecular flexibility index (Phi) is 4.14. The van der Waals surface area contributed by atoms with Gasteiger partial charge in [-0.3, -0.25) is 0 Å². The maximum Gasteiger partial charge on any atom is 0.367 e. The second kappa shape index (κ2) is 6.25. The lowest BCUT2D eigenvalue weighted by molar-refractivity contribution is 0.257. The Hall–Kier alpha value is -2.55. The third kappa shape index (κ3) is 3.49. The summed E-state index contributed by atoms with van der Waals surface area (Å²) in [6, 6.07) is 20.4. The fourth-order valence-corrected chi connectivity index (χ4v) is 1.49. The van der Waals surface area contributed by atoms with Gasteiger partial charge < -0.3 is 0 Å². The summed E-state index contributed by atoms with van der Waals surface area (Å²) in [6.07, 6.45) is 2.73. The highest BCUT2D eigenvalue weighted by Crippen LogP contribution is 2.17. The van der Waals surface area contributed by atoms with Gasteiger partial charge in [-0.2, -0.15) is 9.98 Å². The summed E-state index contributed by atoms with van der Waals surface area (Å²) in [5.41, 5.74) is 2.55. The Morgan fingerprint density at radius 1 is 0.611 bits per heavy atom. The number of urea groups is 1. The van der Waals surface area contributed by atoms with Crippen LogP contribution >= 0.6 is 0 Å². The smallest absolute Gasteiger partial charge is 0.244 e. The van der Waals surface area contributed by atoms with Crippen molar-refractivity contribution in [2.45, 2.75) is 0 Å². The van der Waals surface area contributed by atoms with Crippen LogP contribution in [0.25, 0.3) is 11.1 Å². The van der Waals surface area contributed by atoms with E-state index in [2.05, 4.69) is 58.5 Å². The molecule has 3 heteroatoms. The predicted molar refractivity (Wildman–Crippen MR) is 74.3 cm³/mol. The summed E-state index contributed by atoms with van der Waals surface area (Å²) in [4.78, 5) is 16.3. The maximum atomic E-state index is 9.85. The van der Waals surface area contributed by atoms with Crippen molar-refractivity contribution in [1.29, 1.82) is 0 Å². The van der Waals surface area contributed by atoms with Crippen LogP contribution < -0.4 is 0 Å². The van der Waals surface area contributed by atoms with Crippen molar-refractivity contribution >= 4 is 18.5 Å². The molecular formula is C15H12N2O. The highest BCUT2D eigenvalue weighted by atomic mass is 16.2. The second-order valence-corrected chi connectivity index (χ2v) is 3.57. The van der Waals surface area contributed by atoms with E-state index in [1.165, 1.54) is 23.6 Å². The topological polar surface area (TPSA) is 41.8 Å². The molecular weight excluding hydrogens is 224 g/mol. The number of carbonyl (C=O) groups is 1. The number of amides is 2. The quantitative estimate of drug-likeness (QED) is 0.745. The van der Waals surface area contributed by atoms with Crippen LogP contribution in [0.3, 0.4) is 0 Å². The molecule has 0 spiro atoms.